The molecule has 1 aromatic heterocycles. The Morgan fingerprint density at radius 3 is 3.00 bits per heavy atom. The lowest BCUT2D eigenvalue weighted by atomic mass is 9.64. The summed E-state index contributed by atoms with van der Waals surface area (Å²) < 4.78 is 11.5. The van der Waals surface area contributed by atoms with Crippen molar-refractivity contribution in [2.45, 2.75) is 39.7 Å². The number of ether oxygens (including phenoxy) is 1. The van der Waals surface area contributed by atoms with Crippen molar-refractivity contribution < 1.29 is 13.9 Å². The molecule has 2 fully saturated rings. The highest BCUT2D eigenvalue weighted by Gasteiger charge is 2.67. The highest BCUT2D eigenvalue weighted by molar-refractivity contribution is 5.67. The second kappa shape index (κ2) is 3.57. The van der Waals surface area contributed by atoms with Crippen molar-refractivity contribution in [1.82, 2.24) is 0 Å². The van der Waals surface area contributed by atoms with Gasteiger partial charge in [-0.2, -0.15) is 0 Å². The SMILES string of the molecule is C=C1[C@@H]2[C@@H](OC(C)=O)c3c(C)coc3C[C@@]2(C)[C@H]2C[C@@H]12. The highest BCUT2D eigenvalue weighted by atomic mass is 16.5. The lowest BCUT2D eigenvalue weighted by molar-refractivity contribution is -0.152. The summed E-state index contributed by atoms with van der Waals surface area (Å²) in [4.78, 5) is 11.6. The smallest absolute Gasteiger partial charge is 0.303 e. The Bertz CT molecular complexity index is 626. The quantitative estimate of drug-likeness (QED) is 0.579. The van der Waals surface area contributed by atoms with Crippen LogP contribution in [0.5, 0.6) is 0 Å². The maximum Gasteiger partial charge on any atom is 0.303 e. The van der Waals surface area contributed by atoms with Crippen LogP contribution in [0.25, 0.3) is 0 Å². The Labute approximate surface area is 119 Å². The molecule has 0 aliphatic heterocycles. The maximum absolute atomic E-state index is 11.6. The number of aryl methyl sites for hydroxylation is 1. The first-order valence-corrected chi connectivity index (χ1v) is 7.36. The standard InChI is InChI=1S/C17H20O3/c1-8-7-19-13-6-17(4)12-5-11(12)9(2)15(17)16(14(8)13)20-10(3)18/h7,11-12,15-16H,2,5-6H2,1,3-4H3/t11-,12-,15+,16-,17-/m0/s1. The molecule has 3 aliphatic carbocycles. The lowest BCUT2D eigenvalue weighted by Crippen LogP contribution is -2.39. The number of esters is 1. The molecule has 0 spiro atoms. The van der Waals surface area contributed by atoms with Crippen molar-refractivity contribution in [3.63, 3.8) is 0 Å². The third-order valence-corrected chi connectivity index (χ3v) is 5.75. The zero-order valence-corrected chi connectivity index (χ0v) is 12.2. The minimum atomic E-state index is -0.223. The first-order chi connectivity index (χ1) is 9.43. The van der Waals surface area contributed by atoms with Crippen LogP contribution in [0, 0.1) is 30.1 Å². The Morgan fingerprint density at radius 2 is 2.30 bits per heavy atom. The number of rotatable bonds is 1. The van der Waals surface area contributed by atoms with Crippen LogP contribution >= 0.6 is 0 Å². The van der Waals surface area contributed by atoms with Crippen LogP contribution in [-0.2, 0) is 16.0 Å². The molecule has 106 valence electrons. The molecule has 0 N–H and O–H groups in total. The van der Waals surface area contributed by atoms with E-state index in [4.69, 9.17) is 9.15 Å². The summed E-state index contributed by atoms with van der Waals surface area (Å²) in [5.74, 6) is 2.36. The summed E-state index contributed by atoms with van der Waals surface area (Å²) >= 11 is 0. The van der Waals surface area contributed by atoms with E-state index in [1.807, 2.05) is 6.92 Å². The highest BCUT2D eigenvalue weighted by Crippen LogP contribution is 2.72. The Kier molecular flexibility index (Phi) is 2.19. The van der Waals surface area contributed by atoms with E-state index < -0.39 is 0 Å². The summed E-state index contributed by atoms with van der Waals surface area (Å²) in [7, 11) is 0. The van der Waals surface area contributed by atoms with Crippen LogP contribution in [0.4, 0.5) is 0 Å². The number of carbonyl (C=O) groups is 1. The summed E-state index contributed by atoms with van der Waals surface area (Å²) in [6.07, 6.45) is 3.77. The van der Waals surface area contributed by atoms with Crippen molar-refractivity contribution in [2.24, 2.45) is 23.2 Å². The summed E-state index contributed by atoms with van der Waals surface area (Å²) in [6, 6.07) is 0. The molecule has 0 aromatic carbocycles. The topological polar surface area (TPSA) is 39.4 Å². The minimum Gasteiger partial charge on any atom is -0.469 e. The number of hydrogen-bond acceptors (Lipinski definition) is 3. The number of furan rings is 1. The molecule has 4 rings (SSSR count). The van der Waals surface area contributed by atoms with Gasteiger partial charge in [0.05, 0.1) is 6.26 Å². The maximum atomic E-state index is 11.6. The van der Waals surface area contributed by atoms with Gasteiger partial charge in [0, 0.05) is 24.8 Å². The molecule has 0 unspecified atom stereocenters. The molecule has 0 amide bonds. The Hall–Kier alpha value is -1.51. The van der Waals surface area contributed by atoms with Gasteiger partial charge in [-0.25, -0.2) is 0 Å². The third kappa shape index (κ3) is 1.33. The number of hydrogen-bond donors (Lipinski definition) is 0. The minimum absolute atomic E-state index is 0.138. The summed E-state index contributed by atoms with van der Waals surface area (Å²) in [5, 5.41) is 0. The first kappa shape index (κ1) is 12.2. The van der Waals surface area contributed by atoms with E-state index in [1.165, 1.54) is 18.9 Å². The molecule has 3 heteroatoms. The van der Waals surface area contributed by atoms with E-state index in [-0.39, 0.29) is 23.4 Å². The van der Waals surface area contributed by atoms with Gasteiger partial charge in [-0.05, 0) is 36.2 Å². The number of carbonyl (C=O) groups excluding carboxylic acids is 1. The van der Waals surface area contributed by atoms with Crippen molar-refractivity contribution in [1.29, 1.82) is 0 Å². The van der Waals surface area contributed by atoms with E-state index >= 15 is 0 Å². The monoisotopic (exact) mass is 272 g/mol. The van der Waals surface area contributed by atoms with Crippen molar-refractivity contribution >= 4 is 5.97 Å². The van der Waals surface area contributed by atoms with E-state index in [0.717, 1.165) is 23.3 Å². The van der Waals surface area contributed by atoms with Gasteiger partial charge < -0.3 is 9.15 Å². The van der Waals surface area contributed by atoms with Crippen LogP contribution in [0.3, 0.4) is 0 Å². The summed E-state index contributed by atoms with van der Waals surface area (Å²) in [6.45, 7) is 10.2. The zero-order chi connectivity index (χ0) is 14.2. The molecule has 1 aromatic rings. The molecular formula is C17H20O3. The fraction of sp³-hybridized carbons (Fsp3) is 0.588. The second-order valence-corrected chi connectivity index (χ2v) is 6.97. The summed E-state index contributed by atoms with van der Waals surface area (Å²) in [5.41, 5.74) is 3.60. The van der Waals surface area contributed by atoms with Gasteiger partial charge in [0.2, 0.25) is 0 Å². The molecule has 20 heavy (non-hydrogen) atoms. The molecule has 0 saturated heterocycles. The fourth-order valence-corrected chi connectivity index (χ4v) is 4.84. The van der Waals surface area contributed by atoms with E-state index in [2.05, 4.69) is 13.5 Å². The largest absolute Gasteiger partial charge is 0.469 e. The molecule has 3 aliphatic rings. The average Bonchev–Trinajstić information content (AvgIpc) is 3.03. The van der Waals surface area contributed by atoms with E-state index in [0.29, 0.717) is 11.8 Å². The molecule has 2 saturated carbocycles. The third-order valence-electron chi connectivity index (χ3n) is 5.75. The zero-order valence-electron chi connectivity index (χ0n) is 12.2. The predicted octanol–water partition coefficient (Wildman–Crippen LogP) is 3.58. The van der Waals surface area contributed by atoms with E-state index in [1.54, 1.807) is 6.26 Å². The van der Waals surface area contributed by atoms with Gasteiger partial charge >= 0.3 is 5.97 Å². The van der Waals surface area contributed by atoms with Gasteiger partial charge in [-0.15, -0.1) is 0 Å². The van der Waals surface area contributed by atoms with Crippen molar-refractivity contribution in [3.8, 4) is 0 Å². The van der Waals surface area contributed by atoms with Gasteiger partial charge in [-0.3, -0.25) is 4.79 Å². The van der Waals surface area contributed by atoms with Crippen LogP contribution in [0.1, 0.15) is 43.3 Å². The van der Waals surface area contributed by atoms with Crippen LogP contribution in [0.15, 0.2) is 22.8 Å². The van der Waals surface area contributed by atoms with Gasteiger partial charge in [-0.1, -0.05) is 19.1 Å². The van der Waals surface area contributed by atoms with E-state index in [9.17, 15) is 4.79 Å². The van der Waals surface area contributed by atoms with Gasteiger partial charge in [0.25, 0.3) is 0 Å². The van der Waals surface area contributed by atoms with Crippen molar-refractivity contribution in [3.05, 3.63) is 35.3 Å². The van der Waals surface area contributed by atoms with Crippen molar-refractivity contribution in [2.75, 3.05) is 0 Å². The first-order valence-electron chi connectivity index (χ1n) is 7.36. The van der Waals surface area contributed by atoms with Crippen LogP contribution in [0.2, 0.25) is 0 Å². The Morgan fingerprint density at radius 1 is 1.55 bits per heavy atom. The lowest BCUT2D eigenvalue weighted by Gasteiger charge is -2.43. The van der Waals surface area contributed by atoms with Gasteiger partial charge in [0.15, 0.2) is 0 Å². The predicted molar refractivity (Wildman–Crippen MR) is 74.0 cm³/mol. The molecule has 5 atom stereocenters. The average molecular weight is 272 g/mol. The second-order valence-electron chi connectivity index (χ2n) is 6.97. The number of fused-ring (bicyclic) bond motifs is 4. The fourth-order valence-electron chi connectivity index (χ4n) is 4.84. The molecule has 3 nitrogen and oxygen atoms in total. The molecule has 0 radical (unpaired) electrons. The Balaban J connectivity index is 1.86. The van der Waals surface area contributed by atoms with Crippen LogP contribution in [-0.4, -0.2) is 5.97 Å². The van der Waals surface area contributed by atoms with Crippen LogP contribution < -0.4 is 0 Å². The molecule has 1 heterocycles. The van der Waals surface area contributed by atoms with Gasteiger partial charge in [0.1, 0.15) is 11.9 Å². The molecular weight excluding hydrogens is 252 g/mol. The normalized spacial score (nSPS) is 40.9. The molecule has 0 bridgehead atoms.